The maximum absolute atomic E-state index is 11.3. The molecule has 0 spiro atoms. The Morgan fingerprint density at radius 3 is 2.45 bits per heavy atom. The van der Waals surface area contributed by atoms with Crippen LogP contribution in [0.5, 0.6) is 0 Å². The molecular weight excluding hydrogens is 260 g/mol. The Morgan fingerprint density at radius 1 is 1.25 bits per heavy atom. The first-order valence-corrected chi connectivity index (χ1v) is 7.53. The fourth-order valence-electron chi connectivity index (χ4n) is 4.32. The van der Waals surface area contributed by atoms with Crippen molar-refractivity contribution in [1.82, 2.24) is 0 Å². The third-order valence-corrected chi connectivity index (χ3v) is 5.88. The summed E-state index contributed by atoms with van der Waals surface area (Å²) in [7, 11) is 0. The monoisotopic (exact) mass is 284 g/mol. The minimum absolute atomic E-state index is 0.0160. The summed E-state index contributed by atoms with van der Waals surface area (Å²) in [6.07, 6.45) is 1.29. The van der Waals surface area contributed by atoms with E-state index in [4.69, 9.17) is 14.2 Å². The van der Waals surface area contributed by atoms with Crippen LogP contribution < -0.4 is 0 Å². The first-order chi connectivity index (χ1) is 9.27. The molecule has 0 aliphatic carbocycles. The third kappa shape index (κ3) is 1.35. The van der Waals surface area contributed by atoms with Crippen LogP contribution in [0.3, 0.4) is 0 Å². The van der Waals surface area contributed by atoms with Crippen molar-refractivity contribution >= 4 is 6.29 Å². The molecule has 4 aliphatic rings. The quantitative estimate of drug-likeness (QED) is 0.799. The van der Waals surface area contributed by atoms with Gasteiger partial charge in [-0.15, -0.1) is 0 Å². The largest absolute Gasteiger partial charge is 0.365 e. The fourth-order valence-corrected chi connectivity index (χ4v) is 4.32. The van der Waals surface area contributed by atoms with Gasteiger partial charge in [-0.3, -0.25) is 0 Å². The van der Waals surface area contributed by atoms with Crippen LogP contribution >= 0.6 is 0 Å². The van der Waals surface area contributed by atoms with E-state index in [1.54, 1.807) is 6.92 Å². The number of carbonyl (C=O) groups excluding carboxylic acids is 1. The number of hydrogen-bond acceptors (Lipinski definition) is 5. The Labute approximate surface area is 119 Å². The summed E-state index contributed by atoms with van der Waals surface area (Å²) in [5.41, 5.74) is 0. The van der Waals surface area contributed by atoms with Crippen LogP contribution in [-0.4, -0.2) is 34.9 Å². The van der Waals surface area contributed by atoms with Gasteiger partial charge in [-0.1, -0.05) is 34.6 Å². The lowest BCUT2D eigenvalue weighted by Gasteiger charge is -2.71. The van der Waals surface area contributed by atoms with E-state index in [1.807, 2.05) is 27.7 Å². The highest BCUT2D eigenvalue weighted by atomic mass is 16.9. The van der Waals surface area contributed by atoms with Gasteiger partial charge in [-0.25, -0.2) is 0 Å². The average molecular weight is 284 g/mol. The molecule has 4 aliphatic heterocycles. The van der Waals surface area contributed by atoms with Gasteiger partial charge in [-0.2, -0.15) is 0 Å². The van der Waals surface area contributed by atoms with E-state index in [0.717, 1.165) is 6.29 Å². The molecule has 1 N–H and O–H groups in total. The molecule has 5 heteroatoms. The Kier molecular flexibility index (Phi) is 2.91. The van der Waals surface area contributed by atoms with Gasteiger partial charge in [0.15, 0.2) is 17.4 Å². The van der Waals surface area contributed by atoms with Gasteiger partial charge in [0.2, 0.25) is 0 Å². The molecule has 4 bridgehead atoms. The van der Waals surface area contributed by atoms with Crippen molar-refractivity contribution in [1.29, 1.82) is 0 Å². The Balaban J connectivity index is 2.15. The molecule has 0 unspecified atom stereocenters. The summed E-state index contributed by atoms with van der Waals surface area (Å²) >= 11 is 0. The van der Waals surface area contributed by atoms with Crippen molar-refractivity contribution in [3.8, 4) is 0 Å². The fraction of sp³-hybridized carbons (Fsp3) is 0.933. The summed E-state index contributed by atoms with van der Waals surface area (Å²) in [4.78, 5) is 11.3. The van der Waals surface area contributed by atoms with Crippen molar-refractivity contribution in [3.05, 3.63) is 0 Å². The van der Waals surface area contributed by atoms with Crippen LogP contribution in [0.25, 0.3) is 0 Å². The van der Waals surface area contributed by atoms with Crippen molar-refractivity contribution in [2.75, 3.05) is 0 Å². The SMILES string of the molecule is CC[C@]12O[C@@]3(O)[C@@H](C)[C@]([C@H](C)C=O)(O[C@@H]([C@H]1C)[C@@H]3C)O2. The summed E-state index contributed by atoms with van der Waals surface area (Å²) in [5.74, 6) is -4.27. The van der Waals surface area contributed by atoms with E-state index in [1.165, 1.54) is 0 Å². The zero-order chi connectivity index (χ0) is 14.9. The van der Waals surface area contributed by atoms with Gasteiger partial charge >= 0.3 is 0 Å². The lowest BCUT2D eigenvalue weighted by Crippen LogP contribution is -2.83. The molecule has 0 aromatic rings. The van der Waals surface area contributed by atoms with Gasteiger partial charge in [-0.05, 0) is 6.42 Å². The zero-order valence-electron chi connectivity index (χ0n) is 12.8. The summed E-state index contributed by atoms with van der Waals surface area (Å²) in [6.45, 7) is 9.55. The second-order valence-corrected chi connectivity index (χ2v) is 6.65. The Morgan fingerprint density at radius 2 is 1.90 bits per heavy atom. The van der Waals surface area contributed by atoms with E-state index in [2.05, 4.69) is 0 Å². The van der Waals surface area contributed by atoms with Crippen molar-refractivity contribution in [2.45, 2.75) is 64.5 Å². The van der Waals surface area contributed by atoms with Crippen LogP contribution in [0, 0.1) is 23.7 Å². The maximum atomic E-state index is 11.3. The van der Waals surface area contributed by atoms with Crippen LogP contribution in [0.15, 0.2) is 0 Å². The first-order valence-electron chi connectivity index (χ1n) is 7.53. The third-order valence-electron chi connectivity index (χ3n) is 5.88. The van der Waals surface area contributed by atoms with Gasteiger partial charge < -0.3 is 24.1 Å². The van der Waals surface area contributed by atoms with E-state index in [0.29, 0.717) is 6.42 Å². The van der Waals surface area contributed by atoms with Gasteiger partial charge in [0.25, 0.3) is 0 Å². The molecule has 4 rings (SSSR count). The summed E-state index contributed by atoms with van der Waals surface area (Å²) in [5, 5.41) is 11.1. The number of ether oxygens (including phenoxy) is 3. The molecule has 5 nitrogen and oxygen atoms in total. The Bertz CT molecular complexity index is 430. The topological polar surface area (TPSA) is 65.0 Å². The molecule has 8 atom stereocenters. The van der Waals surface area contributed by atoms with Gasteiger partial charge in [0, 0.05) is 11.8 Å². The van der Waals surface area contributed by atoms with Crippen LogP contribution in [-0.2, 0) is 19.0 Å². The normalized spacial score (nSPS) is 58.7. The van der Waals surface area contributed by atoms with Crippen LogP contribution in [0.1, 0.15) is 41.0 Å². The minimum atomic E-state index is -1.30. The number of rotatable bonds is 3. The highest BCUT2D eigenvalue weighted by Crippen LogP contribution is 2.63. The number of hydrogen-bond donors (Lipinski definition) is 1. The standard InChI is InChI=1S/C15H24O5/c1-6-13-9(3)12-10(4)14(17,19-13)11(5)15(18-12,20-13)8(2)7-16/h7-12,17H,6H2,1-5H3/t8-,9-,10+,11-,12+,13-,14-,15-/m1/s1. The molecule has 0 amide bonds. The van der Waals surface area contributed by atoms with E-state index in [9.17, 15) is 9.90 Å². The molecule has 20 heavy (non-hydrogen) atoms. The van der Waals surface area contributed by atoms with E-state index >= 15 is 0 Å². The molecule has 4 heterocycles. The maximum Gasteiger partial charge on any atom is 0.188 e. The first kappa shape index (κ1) is 14.4. The van der Waals surface area contributed by atoms with Crippen LogP contribution in [0.2, 0.25) is 0 Å². The van der Waals surface area contributed by atoms with Crippen molar-refractivity contribution in [3.63, 3.8) is 0 Å². The predicted octanol–water partition coefficient (Wildman–Crippen LogP) is 1.68. The summed E-state index contributed by atoms with van der Waals surface area (Å²) < 4.78 is 18.4. The molecular formula is C15H24O5. The zero-order valence-corrected chi connectivity index (χ0v) is 12.8. The highest BCUT2D eigenvalue weighted by molar-refractivity contribution is 5.55. The predicted molar refractivity (Wildman–Crippen MR) is 70.5 cm³/mol. The molecule has 0 aromatic carbocycles. The number of carbonyl (C=O) groups is 1. The molecule has 4 fully saturated rings. The van der Waals surface area contributed by atoms with Gasteiger partial charge in [0.1, 0.15) is 6.29 Å². The second-order valence-electron chi connectivity index (χ2n) is 6.65. The van der Waals surface area contributed by atoms with E-state index in [-0.39, 0.29) is 17.9 Å². The lowest BCUT2D eigenvalue weighted by molar-refractivity contribution is -0.589. The molecule has 0 saturated carbocycles. The van der Waals surface area contributed by atoms with E-state index < -0.39 is 29.2 Å². The summed E-state index contributed by atoms with van der Waals surface area (Å²) in [6, 6.07) is 0. The number of aliphatic hydroxyl groups is 1. The molecule has 4 saturated heterocycles. The van der Waals surface area contributed by atoms with Crippen molar-refractivity contribution in [2.24, 2.45) is 23.7 Å². The molecule has 0 radical (unpaired) electrons. The number of aldehydes is 1. The molecule has 0 aromatic heterocycles. The van der Waals surface area contributed by atoms with Crippen LogP contribution in [0.4, 0.5) is 0 Å². The smallest absolute Gasteiger partial charge is 0.188 e. The van der Waals surface area contributed by atoms with Crippen molar-refractivity contribution < 1.29 is 24.1 Å². The minimum Gasteiger partial charge on any atom is -0.365 e. The average Bonchev–Trinajstić information content (AvgIpc) is 2.44. The highest BCUT2D eigenvalue weighted by Gasteiger charge is 2.76. The van der Waals surface area contributed by atoms with Gasteiger partial charge in [0.05, 0.1) is 17.9 Å². The Hall–Kier alpha value is -0.490. The molecule has 114 valence electrons. The lowest BCUT2D eigenvalue weighted by atomic mass is 9.65. The second kappa shape index (κ2) is 4.03.